The summed E-state index contributed by atoms with van der Waals surface area (Å²) < 4.78 is 22.1. The van der Waals surface area contributed by atoms with Crippen LogP contribution in [0.3, 0.4) is 0 Å². The molecule has 0 bridgehead atoms. The van der Waals surface area contributed by atoms with Gasteiger partial charge in [0.05, 0.1) is 31.4 Å². The van der Waals surface area contributed by atoms with E-state index in [9.17, 15) is 14.7 Å². The number of aliphatic hydroxyl groups is 1. The molecule has 3 heterocycles. The number of ketones is 1. The van der Waals surface area contributed by atoms with Crippen molar-refractivity contribution in [3.05, 3.63) is 59.2 Å². The molecule has 0 saturated carbocycles. The minimum Gasteiger partial charge on any atom is -0.507 e. The van der Waals surface area contributed by atoms with Crippen LogP contribution < -0.4 is 14.2 Å². The van der Waals surface area contributed by atoms with Crippen molar-refractivity contribution in [2.75, 3.05) is 52.8 Å². The Morgan fingerprint density at radius 2 is 1.86 bits per heavy atom. The molecule has 2 aromatic carbocycles. The molecule has 1 N–H and O–H groups in total. The van der Waals surface area contributed by atoms with E-state index in [1.54, 1.807) is 23.1 Å². The first-order valence-electron chi connectivity index (χ1n) is 12.8. The third kappa shape index (κ3) is 5.28. The monoisotopic (exact) mass is 508 g/mol. The van der Waals surface area contributed by atoms with Crippen LogP contribution in [0.2, 0.25) is 0 Å². The van der Waals surface area contributed by atoms with Crippen LogP contribution in [0.1, 0.15) is 36.9 Å². The maximum absolute atomic E-state index is 13.3. The maximum atomic E-state index is 13.3. The fraction of sp³-hybridized carbons (Fsp3) is 0.429. The van der Waals surface area contributed by atoms with Crippen LogP contribution in [-0.2, 0) is 14.3 Å². The highest BCUT2D eigenvalue weighted by atomic mass is 16.7. The van der Waals surface area contributed by atoms with Gasteiger partial charge in [0.15, 0.2) is 11.5 Å². The SMILES string of the molecule is CCCOc1cccc([C@@H]2C(=C(O)c3ccc4c(c3)OCO4)C(=O)C(=O)N2CCCN2CCOCC2)c1. The number of morpholine rings is 1. The maximum Gasteiger partial charge on any atom is 0.295 e. The van der Waals surface area contributed by atoms with Gasteiger partial charge in [-0.15, -0.1) is 0 Å². The summed E-state index contributed by atoms with van der Waals surface area (Å²) in [6.45, 7) is 6.95. The molecular formula is C28H32N2O7. The van der Waals surface area contributed by atoms with Crippen molar-refractivity contribution in [2.45, 2.75) is 25.8 Å². The van der Waals surface area contributed by atoms with E-state index in [4.69, 9.17) is 18.9 Å². The lowest BCUT2D eigenvalue weighted by Gasteiger charge is -2.29. The Morgan fingerprint density at radius 3 is 2.68 bits per heavy atom. The first-order chi connectivity index (χ1) is 18.1. The largest absolute Gasteiger partial charge is 0.507 e. The summed E-state index contributed by atoms with van der Waals surface area (Å²) in [4.78, 5) is 30.5. The number of ether oxygens (including phenoxy) is 4. The normalized spacial score (nSPS) is 21.0. The van der Waals surface area contributed by atoms with Crippen LogP contribution in [0.5, 0.6) is 17.2 Å². The minimum atomic E-state index is -0.736. The van der Waals surface area contributed by atoms with Crippen LogP contribution in [-0.4, -0.2) is 79.4 Å². The molecule has 0 aliphatic carbocycles. The predicted molar refractivity (Wildman–Crippen MR) is 136 cm³/mol. The number of likely N-dealkylation sites (tertiary alicyclic amines) is 1. The van der Waals surface area contributed by atoms with Crippen molar-refractivity contribution in [1.82, 2.24) is 9.80 Å². The van der Waals surface area contributed by atoms with E-state index < -0.39 is 17.7 Å². The second kappa shape index (κ2) is 11.2. The number of hydrogen-bond acceptors (Lipinski definition) is 8. The first kappa shape index (κ1) is 25.1. The van der Waals surface area contributed by atoms with Gasteiger partial charge in [-0.2, -0.15) is 0 Å². The van der Waals surface area contributed by atoms with Gasteiger partial charge in [-0.1, -0.05) is 19.1 Å². The van der Waals surface area contributed by atoms with E-state index in [2.05, 4.69) is 4.90 Å². The number of hydrogen-bond donors (Lipinski definition) is 1. The molecule has 3 aliphatic heterocycles. The standard InChI is InChI=1S/C28H32N2O7/c1-2-13-35-21-6-3-5-19(16-21)25-24(26(31)20-7-8-22-23(17-20)37-18-36-22)27(32)28(33)30(25)10-4-9-29-11-14-34-15-12-29/h3,5-8,16-17,25,31H,2,4,9-15,18H2,1H3/t25-/m1/s1. The van der Waals surface area contributed by atoms with Gasteiger partial charge in [0.1, 0.15) is 11.5 Å². The zero-order valence-corrected chi connectivity index (χ0v) is 21.0. The Kier molecular flexibility index (Phi) is 7.62. The van der Waals surface area contributed by atoms with Crippen LogP contribution in [0.15, 0.2) is 48.0 Å². The average Bonchev–Trinajstić information content (AvgIpc) is 3.50. The van der Waals surface area contributed by atoms with Crippen LogP contribution in [0.4, 0.5) is 0 Å². The highest BCUT2D eigenvalue weighted by molar-refractivity contribution is 6.46. The molecule has 196 valence electrons. The molecule has 0 spiro atoms. The molecule has 1 amide bonds. The van der Waals surface area contributed by atoms with Crippen molar-refractivity contribution < 1.29 is 33.6 Å². The summed E-state index contributed by atoms with van der Waals surface area (Å²) in [6.07, 6.45) is 1.55. The van der Waals surface area contributed by atoms with Gasteiger partial charge < -0.3 is 29.0 Å². The molecule has 0 radical (unpaired) electrons. The molecule has 3 aliphatic rings. The van der Waals surface area contributed by atoms with Crippen molar-refractivity contribution in [1.29, 1.82) is 0 Å². The highest BCUT2D eigenvalue weighted by Crippen LogP contribution is 2.42. The summed E-state index contributed by atoms with van der Waals surface area (Å²) in [6, 6.07) is 11.6. The average molecular weight is 509 g/mol. The lowest BCUT2D eigenvalue weighted by molar-refractivity contribution is -0.140. The van der Waals surface area contributed by atoms with Gasteiger partial charge in [0.25, 0.3) is 11.7 Å². The summed E-state index contributed by atoms with van der Waals surface area (Å²) >= 11 is 0. The van der Waals surface area contributed by atoms with Gasteiger partial charge in [0, 0.05) is 31.7 Å². The minimum absolute atomic E-state index is 0.0582. The number of amides is 1. The fourth-order valence-electron chi connectivity index (χ4n) is 4.94. The number of nitrogens with zero attached hydrogens (tertiary/aromatic N) is 2. The zero-order valence-electron chi connectivity index (χ0n) is 21.0. The second-order valence-electron chi connectivity index (χ2n) is 9.29. The number of fused-ring (bicyclic) bond motifs is 1. The predicted octanol–water partition coefficient (Wildman–Crippen LogP) is 3.35. The Balaban J connectivity index is 1.49. The number of carbonyl (C=O) groups is 2. The van der Waals surface area contributed by atoms with Crippen LogP contribution in [0, 0.1) is 0 Å². The summed E-state index contributed by atoms with van der Waals surface area (Å²) in [5, 5.41) is 11.4. The molecule has 2 aromatic rings. The molecule has 5 rings (SSSR count). The highest BCUT2D eigenvalue weighted by Gasteiger charge is 2.46. The van der Waals surface area contributed by atoms with E-state index in [-0.39, 0.29) is 18.1 Å². The lowest BCUT2D eigenvalue weighted by Crippen LogP contribution is -2.38. The van der Waals surface area contributed by atoms with Crippen LogP contribution >= 0.6 is 0 Å². The van der Waals surface area contributed by atoms with Gasteiger partial charge >= 0.3 is 0 Å². The van der Waals surface area contributed by atoms with E-state index >= 15 is 0 Å². The van der Waals surface area contributed by atoms with Crippen molar-refractivity contribution in [2.24, 2.45) is 0 Å². The molecule has 1 atom stereocenters. The zero-order chi connectivity index (χ0) is 25.8. The Morgan fingerprint density at radius 1 is 1.05 bits per heavy atom. The van der Waals surface area contributed by atoms with Gasteiger partial charge in [-0.05, 0) is 48.7 Å². The third-order valence-electron chi connectivity index (χ3n) is 6.81. The number of carbonyl (C=O) groups excluding carboxylic acids is 2. The van der Waals surface area contributed by atoms with E-state index in [0.717, 1.165) is 26.1 Å². The van der Waals surface area contributed by atoms with Gasteiger partial charge in [-0.25, -0.2) is 0 Å². The first-order valence-corrected chi connectivity index (χ1v) is 12.8. The number of rotatable bonds is 9. The van der Waals surface area contributed by atoms with Gasteiger partial charge in [0.2, 0.25) is 6.79 Å². The molecule has 9 heteroatoms. The number of Topliss-reactive ketones (excluding diaryl/α,β-unsaturated/α-hetero) is 1. The molecule has 9 nitrogen and oxygen atoms in total. The van der Waals surface area contributed by atoms with Crippen molar-refractivity contribution in [3.63, 3.8) is 0 Å². The van der Waals surface area contributed by atoms with Crippen molar-refractivity contribution >= 4 is 17.4 Å². The summed E-state index contributed by atoms with van der Waals surface area (Å²) in [5.41, 5.74) is 1.16. The lowest BCUT2D eigenvalue weighted by atomic mass is 9.95. The molecule has 0 aromatic heterocycles. The third-order valence-corrected chi connectivity index (χ3v) is 6.81. The summed E-state index contributed by atoms with van der Waals surface area (Å²) in [5.74, 6) is 0.145. The topological polar surface area (TPSA) is 97.8 Å². The quantitative estimate of drug-likeness (QED) is 0.313. The second-order valence-corrected chi connectivity index (χ2v) is 9.29. The number of aliphatic hydroxyl groups excluding tert-OH is 1. The number of benzene rings is 2. The van der Waals surface area contributed by atoms with E-state index in [1.165, 1.54) is 0 Å². The Labute approximate surface area is 216 Å². The van der Waals surface area contributed by atoms with E-state index in [1.807, 2.05) is 31.2 Å². The summed E-state index contributed by atoms with van der Waals surface area (Å²) in [7, 11) is 0. The van der Waals surface area contributed by atoms with Gasteiger partial charge in [-0.3, -0.25) is 14.5 Å². The van der Waals surface area contributed by atoms with Crippen molar-refractivity contribution in [3.8, 4) is 17.2 Å². The molecule has 0 unspecified atom stereocenters. The van der Waals surface area contributed by atoms with E-state index in [0.29, 0.717) is 61.2 Å². The molecule has 37 heavy (non-hydrogen) atoms. The fourth-order valence-corrected chi connectivity index (χ4v) is 4.94. The molecule has 2 fully saturated rings. The smallest absolute Gasteiger partial charge is 0.295 e. The molecular weight excluding hydrogens is 476 g/mol. The molecule has 2 saturated heterocycles. The van der Waals surface area contributed by atoms with Crippen LogP contribution in [0.25, 0.3) is 5.76 Å². The Hall–Kier alpha value is -3.56. The Bertz CT molecular complexity index is 1190.